The van der Waals surface area contributed by atoms with Gasteiger partial charge >= 0.3 is 6.18 Å². The van der Waals surface area contributed by atoms with Crippen LogP contribution in [0.3, 0.4) is 0 Å². The molecule has 0 aliphatic carbocycles. The third kappa shape index (κ3) is 5.56. The number of anilines is 2. The highest BCUT2D eigenvalue weighted by molar-refractivity contribution is 5.99. The lowest BCUT2D eigenvalue weighted by molar-refractivity contribution is -0.140. The van der Waals surface area contributed by atoms with Gasteiger partial charge in [0, 0.05) is 68.7 Å². The van der Waals surface area contributed by atoms with Gasteiger partial charge in [-0.05, 0) is 17.7 Å². The van der Waals surface area contributed by atoms with Crippen LogP contribution in [-0.4, -0.2) is 71.2 Å². The van der Waals surface area contributed by atoms with Gasteiger partial charge in [-0.3, -0.25) is 4.90 Å². The smallest absolute Gasteiger partial charge is 0.433 e. The number of pyridine rings is 2. The zero-order valence-corrected chi connectivity index (χ0v) is 20.2. The van der Waals surface area contributed by atoms with Crippen molar-refractivity contribution in [2.45, 2.75) is 6.18 Å². The molecule has 1 fully saturated rings. The van der Waals surface area contributed by atoms with Gasteiger partial charge in [-0.15, -0.1) is 0 Å². The normalized spacial score (nSPS) is 14.6. The molecule has 4 heterocycles. The summed E-state index contributed by atoms with van der Waals surface area (Å²) in [7, 11) is 1.58. The molecule has 0 unspecified atom stereocenters. The van der Waals surface area contributed by atoms with Gasteiger partial charge < -0.3 is 15.0 Å². The molecule has 1 N–H and O–H groups in total. The standard InChI is InChI=1S/C26H26F3N7O/c1-37-22-9-10-31-25(34-22)36-15-13-35(14-16-36)12-11-30-24-19-7-8-21(26(27,28)29)33-23(19)20(17-32-24)18-5-3-2-4-6-18/h2-10,17H,11-16H2,1H3,(H,30,32). The highest BCUT2D eigenvalue weighted by Gasteiger charge is 2.33. The van der Waals surface area contributed by atoms with Crippen molar-refractivity contribution in [3.8, 4) is 17.0 Å². The Bertz CT molecular complexity index is 1360. The van der Waals surface area contributed by atoms with E-state index in [1.165, 1.54) is 6.07 Å². The SMILES string of the molecule is COc1ccnc(N2CCN(CCNc3ncc(-c4ccccc4)c4nc(C(F)(F)F)ccc34)CC2)n1. The van der Waals surface area contributed by atoms with Crippen molar-refractivity contribution in [1.82, 2.24) is 24.8 Å². The van der Waals surface area contributed by atoms with Gasteiger partial charge in [0.05, 0.1) is 12.6 Å². The zero-order chi connectivity index (χ0) is 25.8. The van der Waals surface area contributed by atoms with Crippen molar-refractivity contribution in [2.24, 2.45) is 0 Å². The Kier molecular flexibility index (Phi) is 7.04. The monoisotopic (exact) mass is 509 g/mol. The number of fused-ring (bicyclic) bond motifs is 1. The molecule has 5 rings (SSSR count). The molecular formula is C26H26F3N7O. The third-order valence-electron chi connectivity index (χ3n) is 6.31. The summed E-state index contributed by atoms with van der Waals surface area (Å²) in [6, 6.07) is 13.4. The molecule has 0 saturated carbocycles. The zero-order valence-electron chi connectivity index (χ0n) is 20.2. The molecule has 1 saturated heterocycles. The second-order valence-corrected chi connectivity index (χ2v) is 8.63. The Morgan fingerprint density at radius 2 is 1.73 bits per heavy atom. The number of nitrogens with zero attached hydrogens (tertiary/aromatic N) is 6. The maximum Gasteiger partial charge on any atom is 0.433 e. The van der Waals surface area contributed by atoms with Crippen molar-refractivity contribution >= 4 is 22.7 Å². The molecule has 0 amide bonds. The van der Waals surface area contributed by atoms with Crippen LogP contribution in [0, 0.1) is 0 Å². The number of ether oxygens (including phenoxy) is 1. The number of methoxy groups -OCH3 is 1. The van der Waals surface area contributed by atoms with E-state index in [9.17, 15) is 13.2 Å². The van der Waals surface area contributed by atoms with Crippen LogP contribution in [0.2, 0.25) is 0 Å². The van der Waals surface area contributed by atoms with Gasteiger partial charge in [0.1, 0.15) is 11.5 Å². The van der Waals surface area contributed by atoms with Crippen LogP contribution < -0.4 is 15.0 Å². The summed E-state index contributed by atoms with van der Waals surface area (Å²) in [5, 5.41) is 3.85. The van der Waals surface area contributed by atoms with Crippen molar-refractivity contribution in [3.63, 3.8) is 0 Å². The van der Waals surface area contributed by atoms with Gasteiger partial charge in [-0.2, -0.15) is 18.2 Å². The first-order valence-electron chi connectivity index (χ1n) is 11.9. The number of rotatable bonds is 7. The maximum absolute atomic E-state index is 13.4. The maximum atomic E-state index is 13.4. The number of aromatic nitrogens is 4. The Hall–Kier alpha value is -3.99. The van der Waals surface area contributed by atoms with Crippen molar-refractivity contribution in [2.75, 3.05) is 56.6 Å². The highest BCUT2D eigenvalue weighted by atomic mass is 19.4. The Balaban J connectivity index is 1.27. The molecular weight excluding hydrogens is 483 g/mol. The average molecular weight is 510 g/mol. The number of benzene rings is 1. The van der Waals surface area contributed by atoms with E-state index in [2.05, 4.69) is 35.1 Å². The lowest BCUT2D eigenvalue weighted by Gasteiger charge is -2.34. The van der Waals surface area contributed by atoms with E-state index in [0.717, 1.165) is 44.4 Å². The fourth-order valence-electron chi connectivity index (χ4n) is 4.35. The van der Waals surface area contributed by atoms with E-state index in [1.54, 1.807) is 25.6 Å². The lowest BCUT2D eigenvalue weighted by atomic mass is 10.0. The fraction of sp³-hybridized carbons (Fsp3) is 0.308. The average Bonchev–Trinajstić information content (AvgIpc) is 2.93. The third-order valence-corrected chi connectivity index (χ3v) is 6.31. The van der Waals surface area contributed by atoms with Crippen LogP contribution in [0.15, 0.2) is 60.9 Å². The van der Waals surface area contributed by atoms with Crippen LogP contribution in [0.25, 0.3) is 22.0 Å². The lowest BCUT2D eigenvalue weighted by Crippen LogP contribution is -2.48. The summed E-state index contributed by atoms with van der Waals surface area (Å²) in [4.78, 5) is 21.7. The van der Waals surface area contributed by atoms with Crippen LogP contribution in [0.1, 0.15) is 5.69 Å². The summed E-state index contributed by atoms with van der Waals surface area (Å²) in [5.74, 6) is 1.70. The quantitative estimate of drug-likeness (QED) is 0.394. The van der Waals surface area contributed by atoms with Crippen LogP contribution in [0.4, 0.5) is 24.9 Å². The van der Waals surface area contributed by atoms with Gasteiger partial charge in [0.15, 0.2) is 0 Å². The molecule has 1 aromatic carbocycles. The fourth-order valence-corrected chi connectivity index (χ4v) is 4.35. The van der Waals surface area contributed by atoms with Gasteiger partial charge in [0.25, 0.3) is 0 Å². The number of hydrogen-bond donors (Lipinski definition) is 1. The molecule has 8 nitrogen and oxygen atoms in total. The second kappa shape index (κ2) is 10.6. The molecule has 4 aromatic rings. The highest BCUT2D eigenvalue weighted by Crippen LogP contribution is 2.34. The number of hydrogen-bond acceptors (Lipinski definition) is 8. The van der Waals surface area contributed by atoms with E-state index in [0.29, 0.717) is 35.1 Å². The van der Waals surface area contributed by atoms with E-state index >= 15 is 0 Å². The van der Waals surface area contributed by atoms with E-state index in [1.807, 2.05) is 30.3 Å². The molecule has 0 atom stereocenters. The van der Waals surface area contributed by atoms with Crippen molar-refractivity contribution in [1.29, 1.82) is 0 Å². The van der Waals surface area contributed by atoms with E-state index < -0.39 is 11.9 Å². The van der Waals surface area contributed by atoms with Crippen LogP contribution in [-0.2, 0) is 6.18 Å². The Morgan fingerprint density at radius 1 is 0.946 bits per heavy atom. The molecule has 0 radical (unpaired) electrons. The molecule has 11 heteroatoms. The first-order chi connectivity index (χ1) is 17.9. The summed E-state index contributed by atoms with van der Waals surface area (Å²) in [6.07, 6.45) is -1.26. The van der Waals surface area contributed by atoms with Crippen molar-refractivity contribution in [3.05, 3.63) is 66.6 Å². The molecule has 192 valence electrons. The topological polar surface area (TPSA) is 79.3 Å². The summed E-state index contributed by atoms with van der Waals surface area (Å²) < 4.78 is 45.4. The summed E-state index contributed by atoms with van der Waals surface area (Å²) in [5.41, 5.74) is 0.664. The van der Waals surface area contributed by atoms with E-state index in [-0.39, 0.29) is 5.52 Å². The number of halogens is 3. The van der Waals surface area contributed by atoms with Gasteiger partial charge in [0.2, 0.25) is 11.8 Å². The summed E-state index contributed by atoms with van der Waals surface area (Å²) >= 11 is 0. The van der Waals surface area contributed by atoms with Crippen molar-refractivity contribution < 1.29 is 17.9 Å². The largest absolute Gasteiger partial charge is 0.481 e. The molecule has 1 aliphatic rings. The number of alkyl halides is 3. The molecule has 1 aliphatic heterocycles. The molecule has 0 bridgehead atoms. The molecule has 0 spiro atoms. The molecule has 3 aromatic heterocycles. The van der Waals surface area contributed by atoms with Crippen LogP contribution in [0.5, 0.6) is 5.88 Å². The minimum atomic E-state index is -4.53. The Morgan fingerprint density at radius 3 is 2.46 bits per heavy atom. The summed E-state index contributed by atoms with van der Waals surface area (Å²) in [6.45, 7) is 4.57. The van der Waals surface area contributed by atoms with Gasteiger partial charge in [-0.25, -0.2) is 15.0 Å². The minimum Gasteiger partial charge on any atom is -0.481 e. The predicted octanol–water partition coefficient (Wildman–Crippen LogP) is 4.35. The van der Waals surface area contributed by atoms with Gasteiger partial charge in [-0.1, -0.05) is 30.3 Å². The van der Waals surface area contributed by atoms with Crippen LogP contribution >= 0.6 is 0 Å². The number of piperazine rings is 1. The number of nitrogens with one attached hydrogen (secondary N) is 1. The second-order valence-electron chi connectivity index (χ2n) is 8.63. The minimum absolute atomic E-state index is 0.269. The van der Waals surface area contributed by atoms with E-state index in [4.69, 9.17) is 4.74 Å². The first-order valence-corrected chi connectivity index (χ1v) is 11.9. The Labute approximate surface area is 212 Å². The molecule has 37 heavy (non-hydrogen) atoms. The predicted molar refractivity (Wildman–Crippen MR) is 136 cm³/mol. The first kappa shape index (κ1) is 24.7.